The zero-order valence-electron chi connectivity index (χ0n) is 9.21. The summed E-state index contributed by atoms with van der Waals surface area (Å²) in [7, 11) is 1.68. The Morgan fingerprint density at radius 3 is 2.31 bits per heavy atom. The van der Waals surface area contributed by atoms with Crippen molar-refractivity contribution in [3.05, 3.63) is 0 Å². The summed E-state index contributed by atoms with van der Waals surface area (Å²) in [5, 5.41) is 0. The van der Waals surface area contributed by atoms with Crippen LogP contribution in [0.3, 0.4) is 0 Å². The summed E-state index contributed by atoms with van der Waals surface area (Å²) in [4.78, 5) is 0. The molecule has 0 rings (SSSR count). The van der Waals surface area contributed by atoms with Gasteiger partial charge in [-0.05, 0) is 20.3 Å². The van der Waals surface area contributed by atoms with E-state index >= 15 is 0 Å². The van der Waals surface area contributed by atoms with Crippen molar-refractivity contribution in [1.29, 1.82) is 0 Å². The van der Waals surface area contributed by atoms with E-state index < -0.39 is 0 Å². The first-order chi connectivity index (χ1) is 6.20. The second-order valence-corrected chi connectivity index (χ2v) is 3.21. The topological polar surface area (TPSA) is 27.7 Å². The van der Waals surface area contributed by atoms with Crippen LogP contribution in [-0.4, -0.2) is 39.1 Å². The zero-order chi connectivity index (χ0) is 10.1. The highest BCUT2D eigenvalue weighted by Gasteiger charge is 2.00. The molecule has 80 valence electrons. The lowest BCUT2D eigenvalue weighted by molar-refractivity contribution is -0.0216. The first kappa shape index (κ1) is 12.9. The van der Waals surface area contributed by atoms with Crippen molar-refractivity contribution in [2.24, 2.45) is 0 Å². The molecule has 0 N–H and O–H groups in total. The highest BCUT2D eigenvalue weighted by molar-refractivity contribution is 4.46. The van der Waals surface area contributed by atoms with Gasteiger partial charge in [0.25, 0.3) is 0 Å². The van der Waals surface area contributed by atoms with E-state index in [0.29, 0.717) is 25.9 Å². The van der Waals surface area contributed by atoms with Gasteiger partial charge < -0.3 is 14.2 Å². The molecule has 0 spiro atoms. The van der Waals surface area contributed by atoms with Crippen molar-refractivity contribution in [1.82, 2.24) is 0 Å². The van der Waals surface area contributed by atoms with Gasteiger partial charge >= 0.3 is 0 Å². The van der Waals surface area contributed by atoms with Gasteiger partial charge in [0.2, 0.25) is 0 Å². The third kappa shape index (κ3) is 8.22. The van der Waals surface area contributed by atoms with Crippen molar-refractivity contribution in [3.63, 3.8) is 0 Å². The summed E-state index contributed by atoms with van der Waals surface area (Å²) in [5.41, 5.74) is 0. The number of hydrogen-bond donors (Lipinski definition) is 0. The van der Waals surface area contributed by atoms with Gasteiger partial charge in [-0.15, -0.1) is 0 Å². The Bertz CT molecular complexity index is 94.3. The third-order valence-electron chi connectivity index (χ3n) is 1.96. The van der Waals surface area contributed by atoms with Gasteiger partial charge in [0, 0.05) is 7.11 Å². The van der Waals surface area contributed by atoms with E-state index in [-0.39, 0.29) is 6.10 Å². The molecule has 0 aliphatic heterocycles. The molecule has 0 aromatic carbocycles. The van der Waals surface area contributed by atoms with Gasteiger partial charge in [-0.3, -0.25) is 0 Å². The van der Waals surface area contributed by atoms with Crippen LogP contribution in [0.2, 0.25) is 0 Å². The van der Waals surface area contributed by atoms with E-state index in [2.05, 4.69) is 13.8 Å². The summed E-state index contributed by atoms with van der Waals surface area (Å²) in [6.45, 7) is 8.12. The van der Waals surface area contributed by atoms with Crippen LogP contribution in [0, 0.1) is 0 Å². The standard InChI is InChI=1S/C10H22O3/c1-5-9(2)13-7-6-12-8-10(3)11-4/h9-10H,5-8H2,1-4H3. The molecule has 0 aliphatic carbocycles. The molecule has 0 bridgehead atoms. The quantitative estimate of drug-likeness (QED) is 0.547. The largest absolute Gasteiger partial charge is 0.379 e. The molecular weight excluding hydrogens is 168 g/mol. The molecule has 0 amide bonds. The van der Waals surface area contributed by atoms with Gasteiger partial charge in [0.15, 0.2) is 0 Å². The maximum Gasteiger partial charge on any atom is 0.0776 e. The molecule has 0 aromatic heterocycles. The summed E-state index contributed by atoms with van der Waals surface area (Å²) in [6.07, 6.45) is 1.56. The van der Waals surface area contributed by atoms with Crippen LogP contribution in [0.5, 0.6) is 0 Å². The molecule has 2 atom stereocenters. The van der Waals surface area contributed by atoms with Crippen LogP contribution in [0.4, 0.5) is 0 Å². The van der Waals surface area contributed by atoms with Gasteiger partial charge in [0.05, 0.1) is 32.0 Å². The fourth-order valence-corrected chi connectivity index (χ4v) is 0.743. The molecule has 13 heavy (non-hydrogen) atoms. The van der Waals surface area contributed by atoms with Crippen LogP contribution < -0.4 is 0 Å². The van der Waals surface area contributed by atoms with Crippen LogP contribution in [-0.2, 0) is 14.2 Å². The molecule has 0 heterocycles. The van der Waals surface area contributed by atoms with Crippen molar-refractivity contribution in [3.8, 4) is 0 Å². The van der Waals surface area contributed by atoms with Crippen molar-refractivity contribution < 1.29 is 14.2 Å². The number of ether oxygens (including phenoxy) is 3. The van der Waals surface area contributed by atoms with E-state index in [1.165, 1.54) is 0 Å². The predicted octanol–water partition coefficient (Wildman–Crippen LogP) is 1.85. The third-order valence-corrected chi connectivity index (χ3v) is 1.96. The minimum Gasteiger partial charge on any atom is -0.379 e. The zero-order valence-corrected chi connectivity index (χ0v) is 9.21. The van der Waals surface area contributed by atoms with E-state index in [1.54, 1.807) is 7.11 Å². The Morgan fingerprint density at radius 2 is 1.77 bits per heavy atom. The molecule has 0 aliphatic rings. The average molecular weight is 190 g/mol. The maximum atomic E-state index is 5.44. The second-order valence-electron chi connectivity index (χ2n) is 3.21. The van der Waals surface area contributed by atoms with Gasteiger partial charge in [-0.1, -0.05) is 6.92 Å². The highest BCUT2D eigenvalue weighted by Crippen LogP contribution is 1.95. The van der Waals surface area contributed by atoms with Crippen LogP contribution in [0.1, 0.15) is 27.2 Å². The predicted molar refractivity (Wildman–Crippen MR) is 53.0 cm³/mol. The van der Waals surface area contributed by atoms with Crippen molar-refractivity contribution in [2.75, 3.05) is 26.9 Å². The van der Waals surface area contributed by atoms with E-state index in [9.17, 15) is 0 Å². The van der Waals surface area contributed by atoms with E-state index in [4.69, 9.17) is 14.2 Å². The van der Waals surface area contributed by atoms with Gasteiger partial charge in [-0.2, -0.15) is 0 Å². The van der Waals surface area contributed by atoms with Crippen LogP contribution in [0.25, 0.3) is 0 Å². The Balaban J connectivity index is 3.08. The molecule has 0 fully saturated rings. The fourth-order valence-electron chi connectivity index (χ4n) is 0.743. The number of hydrogen-bond acceptors (Lipinski definition) is 3. The Morgan fingerprint density at radius 1 is 1.08 bits per heavy atom. The van der Waals surface area contributed by atoms with Crippen molar-refractivity contribution >= 4 is 0 Å². The normalized spacial score (nSPS) is 15.7. The lowest BCUT2D eigenvalue weighted by atomic mass is 10.3. The highest BCUT2D eigenvalue weighted by atomic mass is 16.5. The summed E-state index contributed by atoms with van der Waals surface area (Å²) in [5.74, 6) is 0. The molecule has 3 nitrogen and oxygen atoms in total. The first-order valence-corrected chi connectivity index (χ1v) is 4.92. The summed E-state index contributed by atoms with van der Waals surface area (Å²) in [6, 6.07) is 0. The molecule has 0 aromatic rings. The van der Waals surface area contributed by atoms with Crippen LogP contribution >= 0.6 is 0 Å². The Kier molecular flexibility index (Phi) is 8.40. The summed E-state index contributed by atoms with van der Waals surface area (Å²) >= 11 is 0. The molecule has 0 saturated carbocycles. The molecule has 0 radical (unpaired) electrons. The maximum absolute atomic E-state index is 5.44. The SMILES string of the molecule is CCC(C)OCCOCC(C)OC. The molecule has 0 saturated heterocycles. The second kappa shape index (κ2) is 8.48. The molecule has 3 heteroatoms. The van der Waals surface area contributed by atoms with Crippen molar-refractivity contribution in [2.45, 2.75) is 39.4 Å². The van der Waals surface area contributed by atoms with Crippen LogP contribution in [0.15, 0.2) is 0 Å². The molecular formula is C10H22O3. The lowest BCUT2D eigenvalue weighted by Crippen LogP contribution is -2.17. The monoisotopic (exact) mass is 190 g/mol. The average Bonchev–Trinajstić information content (AvgIpc) is 2.16. The van der Waals surface area contributed by atoms with Gasteiger partial charge in [0.1, 0.15) is 0 Å². The Hall–Kier alpha value is -0.120. The smallest absolute Gasteiger partial charge is 0.0776 e. The fraction of sp³-hybridized carbons (Fsp3) is 1.00. The lowest BCUT2D eigenvalue weighted by Gasteiger charge is -2.12. The minimum absolute atomic E-state index is 0.170. The number of methoxy groups -OCH3 is 1. The van der Waals surface area contributed by atoms with E-state index in [1.807, 2.05) is 6.92 Å². The van der Waals surface area contributed by atoms with E-state index in [0.717, 1.165) is 6.42 Å². The summed E-state index contributed by atoms with van der Waals surface area (Å²) < 4.78 is 15.8. The minimum atomic E-state index is 0.170. The van der Waals surface area contributed by atoms with Gasteiger partial charge in [-0.25, -0.2) is 0 Å². The number of rotatable bonds is 8. The Labute approximate surface area is 81.4 Å². The molecule has 2 unspecified atom stereocenters. The first-order valence-electron chi connectivity index (χ1n) is 4.92.